The van der Waals surface area contributed by atoms with Crippen LogP contribution in [0.1, 0.15) is 18.4 Å². The van der Waals surface area contributed by atoms with Crippen molar-refractivity contribution in [2.75, 3.05) is 12.3 Å². The quantitative estimate of drug-likeness (QED) is 0.837. The zero-order valence-corrected chi connectivity index (χ0v) is 10.6. The molecule has 1 aliphatic rings. The van der Waals surface area contributed by atoms with Gasteiger partial charge in [-0.25, -0.2) is 4.98 Å². The van der Waals surface area contributed by atoms with Gasteiger partial charge in [-0.15, -0.1) is 0 Å². The molecule has 0 aliphatic carbocycles. The molecule has 88 valence electrons. The number of nitrogens with one attached hydrogen (secondary N) is 1. The highest BCUT2D eigenvalue weighted by atomic mass is 35.5. The van der Waals surface area contributed by atoms with Crippen molar-refractivity contribution in [3.8, 4) is 0 Å². The molecule has 0 amide bonds. The van der Waals surface area contributed by atoms with E-state index in [1.165, 1.54) is 6.42 Å². The van der Waals surface area contributed by atoms with Crippen molar-refractivity contribution in [3.63, 3.8) is 0 Å². The van der Waals surface area contributed by atoms with Gasteiger partial charge in [0.15, 0.2) is 0 Å². The Morgan fingerprint density at radius 2 is 2.44 bits per heavy atom. The lowest BCUT2D eigenvalue weighted by atomic mass is 10.3. The Bertz CT molecular complexity index is 363. The summed E-state index contributed by atoms with van der Waals surface area (Å²) in [6, 6.07) is 4.05. The summed E-state index contributed by atoms with van der Waals surface area (Å²) in [5.41, 5.74) is 0.987. The normalized spacial score (nSPS) is 22.2. The molecule has 1 aromatic rings. The number of nitrogens with zero attached hydrogens (tertiary/aromatic N) is 1. The van der Waals surface area contributed by atoms with Crippen LogP contribution >= 0.6 is 11.6 Å². The molecule has 0 radical (unpaired) electrons. The van der Waals surface area contributed by atoms with Crippen LogP contribution in [0.2, 0.25) is 5.15 Å². The van der Waals surface area contributed by atoms with Gasteiger partial charge >= 0.3 is 0 Å². The molecule has 1 aromatic heterocycles. The molecule has 1 N–H and O–H groups in total. The van der Waals surface area contributed by atoms with Gasteiger partial charge in [-0.3, -0.25) is 4.21 Å². The Kier molecular flexibility index (Phi) is 4.32. The Morgan fingerprint density at radius 1 is 1.56 bits per heavy atom. The summed E-state index contributed by atoms with van der Waals surface area (Å²) in [6.07, 6.45) is 4.04. The molecule has 16 heavy (non-hydrogen) atoms. The molecule has 2 heterocycles. The van der Waals surface area contributed by atoms with Gasteiger partial charge in [-0.1, -0.05) is 17.7 Å². The van der Waals surface area contributed by atoms with E-state index >= 15 is 0 Å². The first kappa shape index (κ1) is 12.0. The van der Waals surface area contributed by atoms with Crippen LogP contribution in [0.25, 0.3) is 0 Å². The highest BCUT2D eigenvalue weighted by molar-refractivity contribution is 7.84. The van der Waals surface area contributed by atoms with Crippen LogP contribution in [0.5, 0.6) is 0 Å². The maximum Gasteiger partial charge on any atom is 0.129 e. The minimum atomic E-state index is -0.813. The third kappa shape index (κ3) is 3.54. The molecule has 5 heteroatoms. The van der Waals surface area contributed by atoms with E-state index in [2.05, 4.69) is 10.3 Å². The summed E-state index contributed by atoms with van der Waals surface area (Å²) in [7, 11) is -0.813. The molecule has 0 unspecified atom stereocenters. The Hall–Kier alpha value is -0.450. The van der Waals surface area contributed by atoms with Crippen LogP contribution in [0.3, 0.4) is 0 Å². The molecule has 0 aromatic carbocycles. The van der Waals surface area contributed by atoms with Gasteiger partial charge < -0.3 is 5.32 Å². The summed E-state index contributed by atoms with van der Waals surface area (Å²) in [5, 5.41) is 3.83. The number of hydrogen-bond acceptors (Lipinski definition) is 3. The molecule has 1 saturated heterocycles. The highest BCUT2D eigenvalue weighted by Crippen LogP contribution is 2.10. The first-order valence-corrected chi connectivity index (χ1v) is 7.29. The number of halogens is 1. The van der Waals surface area contributed by atoms with Gasteiger partial charge in [0, 0.05) is 28.8 Å². The molecule has 0 bridgehead atoms. The van der Waals surface area contributed by atoms with Crippen LogP contribution in [-0.4, -0.2) is 27.5 Å². The second-order valence-corrected chi connectivity index (χ2v) is 5.92. The second-order valence-electron chi connectivity index (χ2n) is 4.03. The van der Waals surface area contributed by atoms with E-state index in [0.29, 0.717) is 16.9 Å². The molecule has 1 fully saturated rings. The fraction of sp³-hybridized carbons (Fsp3) is 0.545. The number of pyridine rings is 1. The maximum atomic E-state index is 11.9. The predicted molar refractivity (Wildman–Crippen MR) is 67.0 cm³/mol. The largest absolute Gasteiger partial charge is 0.313 e. The van der Waals surface area contributed by atoms with Crippen molar-refractivity contribution < 1.29 is 4.21 Å². The minimum Gasteiger partial charge on any atom is -0.313 e. The maximum absolute atomic E-state index is 11.9. The summed E-state index contributed by atoms with van der Waals surface area (Å²) >= 11 is 5.69. The zero-order chi connectivity index (χ0) is 11.4. The van der Waals surface area contributed by atoms with Crippen molar-refractivity contribution >= 4 is 22.4 Å². The molecular formula is C11H15ClN2OS. The lowest BCUT2D eigenvalue weighted by Gasteiger charge is -2.09. The molecule has 2 rings (SSSR count). The molecule has 0 spiro atoms. The molecular weight excluding hydrogens is 244 g/mol. The smallest absolute Gasteiger partial charge is 0.129 e. The van der Waals surface area contributed by atoms with Gasteiger partial charge in [0.25, 0.3) is 0 Å². The third-order valence-corrected chi connectivity index (χ3v) is 4.32. The third-order valence-electron chi connectivity index (χ3n) is 2.67. The van der Waals surface area contributed by atoms with Gasteiger partial charge in [0.1, 0.15) is 5.15 Å². The lowest BCUT2D eigenvalue weighted by Crippen LogP contribution is -2.27. The molecule has 3 nitrogen and oxygen atoms in total. The Morgan fingerprint density at radius 3 is 3.06 bits per heavy atom. The predicted octanol–water partition coefficient (Wildman–Crippen LogP) is 1.74. The van der Waals surface area contributed by atoms with E-state index < -0.39 is 10.8 Å². The number of hydrogen-bond donors (Lipinski definition) is 1. The minimum absolute atomic E-state index is 0.432. The molecule has 1 aliphatic heterocycles. The Labute approximate surface area is 103 Å². The fourth-order valence-electron chi connectivity index (χ4n) is 1.86. The van der Waals surface area contributed by atoms with Crippen LogP contribution in [0.4, 0.5) is 0 Å². The van der Waals surface area contributed by atoms with Gasteiger partial charge in [-0.2, -0.15) is 0 Å². The van der Waals surface area contributed by atoms with Crippen LogP contribution < -0.4 is 5.32 Å². The number of aromatic nitrogens is 1. The van der Waals surface area contributed by atoms with Crippen LogP contribution in [0, 0.1) is 0 Å². The van der Waals surface area contributed by atoms with Gasteiger partial charge in [0.05, 0.1) is 5.75 Å². The molecule has 2 atom stereocenters. The summed E-state index contributed by atoms with van der Waals surface area (Å²) in [4.78, 5) is 3.98. The summed E-state index contributed by atoms with van der Waals surface area (Å²) < 4.78 is 11.9. The SMILES string of the molecule is O=[S@](Cc1ccc(Cl)nc1)C[C@H]1CCCN1. The van der Waals surface area contributed by atoms with Crippen molar-refractivity contribution in [2.45, 2.75) is 24.6 Å². The fourth-order valence-corrected chi connectivity index (χ4v) is 3.37. The van der Waals surface area contributed by atoms with Gasteiger partial charge in [0.2, 0.25) is 0 Å². The van der Waals surface area contributed by atoms with E-state index in [4.69, 9.17) is 11.6 Å². The topological polar surface area (TPSA) is 42.0 Å². The highest BCUT2D eigenvalue weighted by Gasteiger charge is 2.16. The first-order valence-electron chi connectivity index (χ1n) is 5.43. The van der Waals surface area contributed by atoms with Crippen molar-refractivity contribution in [1.29, 1.82) is 0 Å². The van der Waals surface area contributed by atoms with Crippen molar-refractivity contribution in [3.05, 3.63) is 29.0 Å². The van der Waals surface area contributed by atoms with E-state index in [-0.39, 0.29) is 0 Å². The van der Waals surface area contributed by atoms with E-state index in [1.54, 1.807) is 12.3 Å². The van der Waals surface area contributed by atoms with Gasteiger partial charge in [-0.05, 0) is 31.0 Å². The summed E-state index contributed by atoms with van der Waals surface area (Å²) in [5.74, 6) is 1.31. The first-order chi connectivity index (χ1) is 7.74. The monoisotopic (exact) mass is 258 g/mol. The lowest BCUT2D eigenvalue weighted by molar-refractivity contribution is 0.643. The van der Waals surface area contributed by atoms with E-state index in [0.717, 1.165) is 24.3 Å². The Balaban J connectivity index is 1.84. The van der Waals surface area contributed by atoms with Crippen LogP contribution in [0.15, 0.2) is 18.3 Å². The average Bonchev–Trinajstić information content (AvgIpc) is 2.74. The number of rotatable bonds is 4. The van der Waals surface area contributed by atoms with Crippen molar-refractivity contribution in [2.24, 2.45) is 0 Å². The van der Waals surface area contributed by atoms with E-state index in [1.807, 2.05) is 6.07 Å². The van der Waals surface area contributed by atoms with Crippen LogP contribution in [-0.2, 0) is 16.6 Å². The average molecular weight is 259 g/mol. The second kappa shape index (κ2) is 5.75. The molecule has 0 saturated carbocycles. The standard InChI is InChI=1S/C11H15ClN2OS/c12-11-4-3-9(6-14-11)7-16(15)8-10-2-1-5-13-10/h3-4,6,10,13H,1-2,5,7-8H2/t10-,16-/m1/s1. The van der Waals surface area contributed by atoms with E-state index in [9.17, 15) is 4.21 Å². The summed E-state index contributed by atoms with van der Waals surface area (Å²) in [6.45, 7) is 1.06. The zero-order valence-electron chi connectivity index (χ0n) is 8.99. The van der Waals surface area contributed by atoms with Crippen molar-refractivity contribution in [1.82, 2.24) is 10.3 Å².